The van der Waals surface area contributed by atoms with Gasteiger partial charge in [-0.05, 0) is 24.6 Å². The van der Waals surface area contributed by atoms with Crippen molar-refractivity contribution >= 4 is 34.4 Å². The van der Waals surface area contributed by atoms with Crippen LogP contribution < -0.4 is 4.90 Å². The number of thiazole rings is 1. The van der Waals surface area contributed by atoms with Crippen molar-refractivity contribution in [2.75, 3.05) is 19.0 Å². The molecule has 1 aromatic carbocycles. The van der Waals surface area contributed by atoms with Crippen LogP contribution in [0.5, 0.6) is 0 Å². The number of hydrogen-bond acceptors (Lipinski definition) is 6. The molecule has 0 saturated carbocycles. The molecule has 0 saturated heterocycles. The van der Waals surface area contributed by atoms with E-state index in [0.29, 0.717) is 21.8 Å². The van der Waals surface area contributed by atoms with E-state index in [1.54, 1.807) is 37.2 Å². The Morgan fingerprint density at radius 2 is 2.23 bits per heavy atom. The Labute approximate surface area is 132 Å². The highest BCUT2D eigenvalue weighted by Gasteiger charge is 2.16. The Morgan fingerprint density at radius 3 is 2.73 bits per heavy atom. The first kappa shape index (κ1) is 15.7. The number of nitrogens with zero attached hydrogens (tertiary/aromatic N) is 4. The molecule has 0 fully saturated rings. The van der Waals surface area contributed by atoms with Gasteiger partial charge in [-0.2, -0.15) is 5.26 Å². The fourth-order valence-corrected chi connectivity index (χ4v) is 2.70. The minimum absolute atomic E-state index is 0.00589. The van der Waals surface area contributed by atoms with Crippen LogP contribution >= 0.6 is 11.3 Å². The van der Waals surface area contributed by atoms with Gasteiger partial charge in [0.1, 0.15) is 16.8 Å². The Bertz CT molecular complexity index is 787. The highest BCUT2D eigenvalue weighted by Crippen LogP contribution is 2.29. The number of nitriles is 1. The molecule has 0 N–H and O–H groups in total. The molecule has 0 radical (unpaired) electrons. The maximum Gasteiger partial charge on any atom is 0.293 e. The van der Waals surface area contributed by atoms with Crippen LogP contribution in [0.25, 0.3) is 11.6 Å². The van der Waals surface area contributed by atoms with Crippen LogP contribution in [0.2, 0.25) is 0 Å². The molecule has 0 spiro atoms. The SMILES string of the molecule is Cc1csc(/C(C#N)=C/c2ccc(N(C)C)c([N+](=O)[O-])c2)n1. The standard InChI is InChI=1S/C15H14N4O2S/c1-10-9-22-15(17-10)12(8-16)6-11-4-5-13(18(2)3)14(7-11)19(20)21/h4-7,9H,1-3H3/b12-6+. The summed E-state index contributed by atoms with van der Waals surface area (Å²) in [6.07, 6.45) is 1.62. The summed E-state index contributed by atoms with van der Waals surface area (Å²) in [5.41, 5.74) is 2.36. The summed E-state index contributed by atoms with van der Waals surface area (Å²) >= 11 is 1.38. The normalized spacial score (nSPS) is 11.1. The lowest BCUT2D eigenvalue weighted by Crippen LogP contribution is -2.10. The highest BCUT2D eigenvalue weighted by molar-refractivity contribution is 7.11. The van der Waals surface area contributed by atoms with Gasteiger partial charge in [-0.15, -0.1) is 11.3 Å². The van der Waals surface area contributed by atoms with E-state index in [1.807, 2.05) is 12.3 Å². The van der Waals surface area contributed by atoms with E-state index in [4.69, 9.17) is 0 Å². The fraction of sp³-hybridized carbons (Fsp3) is 0.200. The van der Waals surface area contributed by atoms with E-state index in [-0.39, 0.29) is 5.69 Å². The zero-order valence-electron chi connectivity index (χ0n) is 12.4. The molecule has 0 aliphatic carbocycles. The van der Waals surface area contributed by atoms with E-state index < -0.39 is 4.92 Å². The predicted molar refractivity (Wildman–Crippen MR) is 87.8 cm³/mol. The monoisotopic (exact) mass is 314 g/mol. The van der Waals surface area contributed by atoms with Crippen molar-refractivity contribution in [3.63, 3.8) is 0 Å². The number of hydrogen-bond donors (Lipinski definition) is 0. The van der Waals surface area contributed by atoms with Gasteiger partial charge in [-0.3, -0.25) is 10.1 Å². The van der Waals surface area contributed by atoms with Crippen LogP contribution in [0.15, 0.2) is 23.6 Å². The lowest BCUT2D eigenvalue weighted by atomic mass is 10.1. The molecule has 0 aliphatic rings. The Hall–Kier alpha value is -2.72. The first-order valence-corrected chi connectivity index (χ1v) is 7.30. The molecular weight excluding hydrogens is 300 g/mol. The van der Waals surface area contributed by atoms with Crippen LogP contribution in [-0.4, -0.2) is 24.0 Å². The van der Waals surface area contributed by atoms with Crippen molar-refractivity contribution in [1.29, 1.82) is 5.26 Å². The third-order valence-corrected chi connectivity index (χ3v) is 3.95. The van der Waals surface area contributed by atoms with Crippen LogP contribution in [0.1, 0.15) is 16.3 Å². The molecule has 7 heteroatoms. The van der Waals surface area contributed by atoms with Crippen molar-refractivity contribution in [3.05, 3.63) is 50.0 Å². The van der Waals surface area contributed by atoms with Crippen LogP contribution in [-0.2, 0) is 0 Å². The lowest BCUT2D eigenvalue weighted by Gasteiger charge is -2.12. The van der Waals surface area contributed by atoms with Gasteiger partial charge in [-0.25, -0.2) is 4.98 Å². The maximum atomic E-state index is 11.2. The number of anilines is 1. The second-order valence-corrected chi connectivity index (χ2v) is 5.72. The zero-order valence-corrected chi connectivity index (χ0v) is 13.2. The Morgan fingerprint density at radius 1 is 1.50 bits per heavy atom. The minimum atomic E-state index is -0.424. The first-order valence-electron chi connectivity index (χ1n) is 6.42. The second kappa shape index (κ2) is 6.37. The molecule has 0 aliphatic heterocycles. The predicted octanol–water partition coefficient (Wildman–Crippen LogP) is 3.49. The van der Waals surface area contributed by atoms with Crippen molar-refractivity contribution in [1.82, 2.24) is 4.98 Å². The largest absolute Gasteiger partial charge is 0.372 e. The van der Waals surface area contributed by atoms with Crippen LogP contribution in [0.3, 0.4) is 0 Å². The average Bonchev–Trinajstić information content (AvgIpc) is 2.90. The molecule has 0 atom stereocenters. The fourth-order valence-electron chi connectivity index (χ4n) is 1.94. The maximum absolute atomic E-state index is 11.2. The molecule has 112 valence electrons. The molecule has 22 heavy (non-hydrogen) atoms. The molecular formula is C15H14N4O2S. The van der Waals surface area contributed by atoms with Gasteiger partial charge in [0.2, 0.25) is 0 Å². The quantitative estimate of drug-likeness (QED) is 0.490. The molecule has 0 amide bonds. The van der Waals surface area contributed by atoms with Crippen molar-refractivity contribution in [2.24, 2.45) is 0 Å². The number of aromatic nitrogens is 1. The summed E-state index contributed by atoms with van der Waals surface area (Å²) in [5, 5.41) is 22.9. The number of benzene rings is 1. The molecule has 1 heterocycles. The topological polar surface area (TPSA) is 83.1 Å². The van der Waals surface area contributed by atoms with E-state index in [1.165, 1.54) is 17.4 Å². The second-order valence-electron chi connectivity index (χ2n) is 4.86. The third kappa shape index (κ3) is 3.30. The van der Waals surface area contributed by atoms with E-state index in [9.17, 15) is 15.4 Å². The molecule has 1 aromatic heterocycles. The van der Waals surface area contributed by atoms with Crippen LogP contribution in [0, 0.1) is 28.4 Å². The molecule has 0 unspecified atom stereocenters. The van der Waals surface area contributed by atoms with Gasteiger partial charge < -0.3 is 4.90 Å². The summed E-state index contributed by atoms with van der Waals surface area (Å²) in [6.45, 7) is 1.85. The number of rotatable bonds is 4. The minimum Gasteiger partial charge on any atom is -0.372 e. The van der Waals surface area contributed by atoms with E-state index >= 15 is 0 Å². The Kier molecular flexibility index (Phi) is 4.53. The summed E-state index contributed by atoms with van der Waals surface area (Å²) < 4.78 is 0. The molecule has 0 bridgehead atoms. The van der Waals surface area contributed by atoms with Crippen molar-refractivity contribution in [2.45, 2.75) is 6.92 Å². The lowest BCUT2D eigenvalue weighted by molar-refractivity contribution is -0.384. The number of allylic oxidation sites excluding steroid dienone is 1. The molecule has 6 nitrogen and oxygen atoms in total. The highest BCUT2D eigenvalue weighted by atomic mass is 32.1. The third-order valence-electron chi connectivity index (χ3n) is 2.96. The molecule has 2 aromatic rings. The van der Waals surface area contributed by atoms with E-state index in [2.05, 4.69) is 11.1 Å². The average molecular weight is 314 g/mol. The van der Waals surface area contributed by atoms with Crippen molar-refractivity contribution in [3.8, 4) is 6.07 Å². The Balaban J connectivity index is 2.49. The van der Waals surface area contributed by atoms with Crippen LogP contribution in [0.4, 0.5) is 11.4 Å². The number of nitro groups is 1. The van der Waals surface area contributed by atoms with Crippen molar-refractivity contribution < 1.29 is 4.92 Å². The smallest absolute Gasteiger partial charge is 0.293 e. The van der Waals surface area contributed by atoms with Gasteiger partial charge in [-0.1, -0.05) is 6.07 Å². The van der Waals surface area contributed by atoms with E-state index in [0.717, 1.165) is 5.69 Å². The summed E-state index contributed by atoms with van der Waals surface area (Å²) in [7, 11) is 3.49. The first-order chi connectivity index (χ1) is 10.4. The summed E-state index contributed by atoms with van der Waals surface area (Å²) in [4.78, 5) is 16.7. The van der Waals surface area contributed by atoms with Gasteiger partial charge in [0.15, 0.2) is 0 Å². The molecule has 2 rings (SSSR count). The summed E-state index contributed by atoms with van der Waals surface area (Å²) in [5.74, 6) is 0. The number of nitro benzene ring substituents is 1. The van der Waals surface area contributed by atoms with Gasteiger partial charge >= 0.3 is 0 Å². The van der Waals surface area contributed by atoms with Gasteiger partial charge in [0, 0.05) is 31.2 Å². The zero-order chi connectivity index (χ0) is 16.3. The number of aryl methyl sites for hydroxylation is 1. The van der Waals surface area contributed by atoms with Gasteiger partial charge in [0.05, 0.1) is 10.5 Å². The van der Waals surface area contributed by atoms with Gasteiger partial charge in [0.25, 0.3) is 5.69 Å². The summed E-state index contributed by atoms with van der Waals surface area (Å²) in [6, 6.07) is 6.98.